The highest BCUT2D eigenvalue weighted by atomic mass is 16.2. The van der Waals surface area contributed by atoms with Gasteiger partial charge in [0.2, 0.25) is 0 Å². The van der Waals surface area contributed by atoms with Crippen molar-refractivity contribution in [2.45, 2.75) is 19.9 Å². The molecule has 0 radical (unpaired) electrons. The van der Waals surface area contributed by atoms with E-state index in [-0.39, 0.29) is 5.91 Å². The number of amides is 1. The predicted molar refractivity (Wildman–Crippen MR) is 64.5 cm³/mol. The number of benzene rings is 1. The largest absolute Gasteiger partial charge is 0.342 e. The first-order valence-corrected chi connectivity index (χ1v) is 5.80. The van der Waals surface area contributed by atoms with E-state index in [0.29, 0.717) is 0 Å². The molecule has 1 aromatic rings. The number of fused-ring (bicyclic) bond motifs is 1. The molecule has 1 aliphatic rings. The second-order valence-electron chi connectivity index (χ2n) is 4.23. The average molecular weight is 218 g/mol. The quantitative estimate of drug-likeness (QED) is 0.814. The molecule has 1 heterocycles. The molecule has 2 rings (SSSR count). The number of rotatable bonds is 2. The molecule has 1 amide bonds. The maximum absolute atomic E-state index is 12.0. The van der Waals surface area contributed by atoms with Gasteiger partial charge < -0.3 is 10.2 Å². The summed E-state index contributed by atoms with van der Waals surface area (Å²) in [5.74, 6) is 0.107. The minimum absolute atomic E-state index is 0.107. The Kier molecular flexibility index (Phi) is 3.25. The lowest BCUT2D eigenvalue weighted by Crippen LogP contribution is -2.28. The number of nitrogens with one attached hydrogen (secondary N) is 1. The number of carbonyl (C=O) groups is 1. The summed E-state index contributed by atoms with van der Waals surface area (Å²) in [7, 11) is 1.83. The van der Waals surface area contributed by atoms with Gasteiger partial charge in [0.1, 0.15) is 0 Å². The molecule has 0 saturated heterocycles. The first-order chi connectivity index (χ1) is 7.72. The highest BCUT2D eigenvalue weighted by molar-refractivity contribution is 5.94. The van der Waals surface area contributed by atoms with E-state index in [9.17, 15) is 4.79 Å². The highest BCUT2D eigenvalue weighted by Crippen LogP contribution is 2.16. The summed E-state index contributed by atoms with van der Waals surface area (Å²) in [4.78, 5) is 13.7. The first-order valence-electron chi connectivity index (χ1n) is 5.80. The zero-order valence-electron chi connectivity index (χ0n) is 9.92. The molecule has 0 aromatic heterocycles. The normalized spacial score (nSPS) is 14.4. The number of nitrogens with zero attached hydrogens (tertiary/aromatic N) is 1. The lowest BCUT2D eigenvalue weighted by atomic mass is 9.98. The lowest BCUT2D eigenvalue weighted by Gasteiger charge is -2.19. The lowest BCUT2D eigenvalue weighted by molar-refractivity contribution is 0.0802. The topological polar surface area (TPSA) is 32.3 Å². The van der Waals surface area contributed by atoms with E-state index in [1.807, 2.05) is 26.1 Å². The molecule has 3 nitrogen and oxygen atoms in total. The van der Waals surface area contributed by atoms with Crippen LogP contribution in [0, 0.1) is 0 Å². The summed E-state index contributed by atoms with van der Waals surface area (Å²) in [5.41, 5.74) is 3.43. The molecule has 0 atom stereocenters. The van der Waals surface area contributed by atoms with E-state index >= 15 is 0 Å². The van der Waals surface area contributed by atoms with Crippen molar-refractivity contribution >= 4 is 5.91 Å². The molecule has 0 aliphatic carbocycles. The second-order valence-corrected chi connectivity index (χ2v) is 4.23. The van der Waals surface area contributed by atoms with Crippen LogP contribution < -0.4 is 5.32 Å². The Balaban J connectivity index is 2.26. The molecule has 0 fully saturated rings. The Morgan fingerprint density at radius 1 is 1.44 bits per heavy atom. The van der Waals surface area contributed by atoms with Gasteiger partial charge in [0.25, 0.3) is 5.91 Å². The molecular formula is C13H18N2O. The van der Waals surface area contributed by atoms with Gasteiger partial charge in [-0.1, -0.05) is 6.07 Å². The van der Waals surface area contributed by atoms with Gasteiger partial charge in [0, 0.05) is 25.7 Å². The zero-order chi connectivity index (χ0) is 11.5. The molecule has 0 spiro atoms. The summed E-state index contributed by atoms with van der Waals surface area (Å²) >= 11 is 0. The number of hydrogen-bond acceptors (Lipinski definition) is 2. The molecule has 86 valence electrons. The van der Waals surface area contributed by atoms with Crippen molar-refractivity contribution in [1.29, 1.82) is 0 Å². The smallest absolute Gasteiger partial charge is 0.253 e. The van der Waals surface area contributed by atoms with Crippen LogP contribution in [0.4, 0.5) is 0 Å². The summed E-state index contributed by atoms with van der Waals surface area (Å²) in [6, 6.07) is 6.06. The summed E-state index contributed by atoms with van der Waals surface area (Å²) < 4.78 is 0. The molecule has 0 unspecified atom stereocenters. The maximum atomic E-state index is 12.0. The van der Waals surface area contributed by atoms with Crippen LogP contribution in [0.5, 0.6) is 0 Å². The van der Waals surface area contributed by atoms with E-state index in [4.69, 9.17) is 0 Å². The third-order valence-corrected chi connectivity index (χ3v) is 3.16. The van der Waals surface area contributed by atoms with Crippen LogP contribution in [-0.2, 0) is 13.0 Å². The molecule has 1 aliphatic heterocycles. The van der Waals surface area contributed by atoms with Gasteiger partial charge in [-0.05, 0) is 43.1 Å². The van der Waals surface area contributed by atoms with Gasteiger partial charge in [0.15, 0.2) is 0 Å². The fraction of sp³-hybridized carbons (Fsp3) is 0.462. The maximum Gasteiger partial charge on any atom is 0.253 e. The Bertz CT molecular complexity index is 401. The van der Waals surface area contributed by atoms with Crippen molar-refractivity contribution in [3.8, 4) is 0 Å². The van der Waals surface area contributed by atoms with Gasteiger partial charge in [-0.3, -0.25) is 4.79 Å². The summed E-state index contributed by atoms with van der Waals surface area (Å²) in [6.45, 7) is 4.65. The van der Waals surface area contributed by atoms with Crippen molar-refractivity contribution in [1.82, 2.24) is 10.2 Å². The molecule has 16 heavy (non-hydrogen) atoms. The van der Waals surface area contributed by atoms with Crippen molar-refractivity contribution in [3.05, 3.63) is 34.9 Å². The standard InChI is InChI=1S/C13H18N2O/c1-3-15(2)13(16)11-5-4-10-6-7-14-9-12(10)8-11/h4-5,8,14H,3,6-7,9H2,1-2H3. The fourth-order valence-electron chi connectivity index (χ4n) is 1.98. The molecular weight excluding hydrogens is 200 g/mol. The van der Waals surface area contributed by atoms with E-state index < -0.39 is 0 Å². The number of carbonyl (C=O) groups excluding carboxylic acids is 1. The molecule has 0 bridgehead atoms. The molecule has 1 aromatic carbocycles. The van der Waals surface area contributed by atoms with E-state index in [0.717, 1.165) is 31.6 Å². The third kappa shape index (κ3) is 2.09. The molecule has 0 saturated carbocycles. The van der Waals surface area contributed by atoms with E-state index in [1.54, 1.807) is 4.90 Å². The second kappa shape index (κ2) is 4.66. The van der Waals surface area contributed by atoms with Gasteiger partial charge in [-0.2, -0.15) is 0 Å². The minimum atomic E-state index is 0.107. The van der Waals surface area contributed by atoms with Crippen molar-refractivity contribution in [2.24, 2.45) is 0 Å². The Morgan fingerprint density at radius 2 is 2.25 bits per heavy atom. The number of hydrogen-bond donors (Lipinski definition) is 1. The fourth-order valence-corrected chi connectivity index (χ4v) is 1.98. The van der Waals surface area contributed by atoms with Crippen LogP contribution >= 0.6 is 0 Å². The van der Waals surface area contributed by atoms with Crippen LogP contribution in [0.15, 0.2) is 18.2 Å². The Labute approximate surface area is 96.5 Å². The summed E-state index contributed by atoms with van der Waals surface area (Å²) in [6.07, 6.45) is 1.06. The van der Waals surface area contributed by atoms with Crippen molar-refractivity contribution in [3.63, 3.8) is 0 Å². The van der Waals surface area contributed by atoms with Gasteiger partial charge in [-0.25, -0.2) is 0 Å². The van der Waals surface area contributed by atoms with Gasteiger partial charge in [0.05, 0.1) is 0 Å². The van der Waals surface area contributed by atoms with Crippen LogP contribution in [0.25, 0.3) is 0 Å². The summed E-state index contributed by atoms with van der Waals surface area (Å²) in [5, 5.41) is 3.33. The molecule has 3 heteroatoms. The third-order valence-electron chi connectivity index (χ3n) is 3.16. The van der Waals surface area contributed by atoms with E-state index in [1.165, 1.54) is 11.1 Å². The Morgan fingerprint density at radius 3 is 3.00 bits per heavy atom. The first kappa shape index (κ1) is 11.1. The van der Waals surface area contributed by atoms with Crippen molar-refractivity contribution in [2.75, 3.05) is 20.1 Å². The van der Waals surface area contributed by atoms with Crippen molar-refractivity contribution < 1.29 is 4.79 Å². The van der Waals surface area contributed by atoms with Crippen LogP contribution in [0.3, 0.4) is 0 Å². The van der Waals surface area contributed by atoms with E-state index in [2.05, 4.69) is 11.4 Å². The zero-order valence-corrected chi connectivity index (χ0v) is 9.92. The Hall–Kier alpha value is -1.35. The highest BCUT2D eigenvalue weighted by Gasteiger charge is 2.14. The SMILES string of the molecule is CCN(C)C(=O)c1ccc2c(c1)CNCC2. The average Bonchev–Trinajstić information content (AvgIpc) is 2.36. The molecule has 1 N–H and O–H groups in total. The van der Waals surface area contributed by atoms with Gasteiger partial charge >= 0.3 is 0 Å². The van der Waals surface area contributed by atoms with Crippen LogP contribution in [0.1, 0.15) is 28.4 Å². The van der Waals surface area contributed by atoms with Crippen LogP contribution in [-0.4, -0.2) is 30.9 Å². The monoisotopic (exact) mass is 218 g/mol. The predicted octanol–water partition coefficient (Wildman–Crippen LogP) is 1.42. The van der Waals surface area contributed by atoms with Crippen LogP contribution in [0.2, 0.25) is 0 Å². The van der Waals surface area contributed by atoms with Gasteiger partial charge in [-0.15, -0.1) is 0 Å². The minimum Gasteiger partial charge on any atom is -0.342 e.